The van der Waals surface area contributed by atoms with Crippen LogP contribution in [0.5, 0.6) is 0 Å². The number of amides is 3. The number of carbonyl (C=O) groups is 3. The molecule has 2 saturated heterocycles. The van der Waals surface area contributed by atoms with Crippen molar-refractivity contribution in [2.75, 3.05) is 81.9 Å². The van der Waals surface area contributed by atoms with Crippen molar-refractivity contribution in [1.29, 1.82) is 0 Å². The average molecular weight is 508 g/mol. The zero-order chi connectivity index (χ0) is 25.8. The molecule has 11 nitrogen and oxygen atoms in total. The van der Waals surface area contributed by atoms with E-state index in [1.165, 1.54) is 4.90 Å². The SMILES string of the molecule is O=C(CCCN1C(=O)c2ccccc2C1=O)N1CCN(c2ccc(N3CCN(CCO)CC3)nn2)CC1. The molecule has 0 saturated carbocycles. The minimum atomic E-state index is -0.280. The number of imide groups is 1. The molecular weight excluding hydrogens is 474 g/mol. The molecule has 0 aliphatic carbocycles. The molecule has 5 rings (SSSR count). The molecule has 3 aliphatic heterocycles. The Kier molecular flexibility index (Phi) is 7.61. The van der Waals surface area contributed by atoms with Gasteiger partial charge in [-0.3, -0.25) is 24.2 Å². The first-order valence-electron chi connectivity index (χ1n) is 12.9. The van der Waals surface area contributed by atoms with Crippen molar-refractivity contribution in [1.82, 2.24) is 24.9 Å². The quantitative estimate of drug-likeness (QED) is 0.505. The largest absolute Gasteiger partial charge is 0.395 e. The van der Waals surface area contributed by atoms with E-state index < -0.39 is 0 Å². The predicted octanol–water partition coefficient (Wildman–Crippen LogP) is 0.316. The number of fused-ring (bicyclic) bond motifs is 1. The summed E-state index contributed by atoms with van der Waals surface area (Å²) >= 11 is 0. The van der Waals surface area contributed by atoms with Crippen molar-refractivity contribution in [2.45, 2.75) is 12.8 Å². The molecule has 11 heteroatoms. The number of aromatic nitrogens is 2. The number of aliphatic hydroxyl groups excluding tert-OH is 1. The molecule has 2 fully saturated rings. The van der Waals surface area contributed by atoms with Gasteiger partial charge in [-0.2, -0.15) is 0 Å². The Labute approximate surface area is 216 Å². The first-order valence-corrected chi connectivity index (χ1v) is 12.9. The zero-order valence-electron chi connectivity index (χ0n) is 21.0. The van der Waals surface area contributed by atoms with E-state index in [2.05, 4.69) is 24.9 Å². The van der Waals surface area contributed by atoms with Crippen molar-refractivity contribution in [2.24, 2.45) is 0 Å². The Morgan fingerprint density at radius 1 is 0.757 bits per heavy atom. The van der Waals surface area contributed by atoms with Crippen molar-refractivity contribution in [3.63, 3.8) is 0 Å². The molecule has 37 heavy (non-hydrogen) atoms. The Morgan fingerprint density at radius 2 is 1.30 bits per heavy atom. The summed E-state index contributed by atoms with van der Waals surface area (Å²) in [5, 5.41) is 18.0. The highest BCUT2D eigenvalue weighted by Crippen LogP contribution is 2.23. The van der Waals surface area contributed by atoms with Crippen LogP contribution in [-0.2, 0) is 4.79 Å². The number of β-amino-alcohol motifs (C(OH)–C–C–N with tert-alkyl or cyclic N) is 1. The molecule has 0 unspecified atom stereocenters. The minimum absolute atomic E-state index is 0.0398. The van der Waals surface area contributed by atoms with E-state index in [0.29, 0.717) is 56.7 Å². The normalized spacial score (nSPS) is 18.5. The summed E-state index contributed by atoms with van der Waals surface area (Å²) in [4.78, 5) is 47.4. The number of hydrogen-bond donors (Lipinski definition) is 1. The Hall–Kier alpha value is -3.57. The van der Waals surface area contributed by atoms with Crippen molar-refractivity contribution in [3.8, 4) is 0 Å². The van der Waals surface area contributed by atoms with Gasteiger partial charge in [0.2, 0.25) is 5.91 Å². The van der Waals surface area contributed by atoms with Crippen LogP contribution < -0.4 is 9.80 Å². The van der Waals surface area contributed by atoms with Crippen molar-refractivity contribution < 1.29 is 19.5 Å². The molecule has 3 aliphatic rings. The maximum atomic E-state index is 12.7. The van der Waals surface area contributed by atoms with E-state index in [4.69, 9.17) is 5.11 Å². The zero-order valence-corrected chi connectivity index (χ0v) is 21.0. The van der Waals surface area contributed by atoms with Crippen LogP contribution in [-0.4, -0.2) is 120 Å². The summed E-state index contributed by atoms with van der Waals surface area (Å²) in [6.07, 6.45) is 0.749. The van der Waals surface area contributed by atoms with Crippen LogP contribution in [0.25, 0.3) is 0 Å². The molecule has 0 spiro atoms. The number of anilines is 2. The summed E-state index contributed by atoms with van der Waals surface area (Å²) in [5.74, 6) is 1.15. The number of hydrogen-bond acceptors (Lipinski definition) is 9. The van der Waals surface area contributed by atoms with Gasteiger partial charge in [0, 0.05) is 71.9 Å². The van der Waals surface area contributed by atoms with Crippen LogP contribution in [0, 0.1) is 0 Å². The fourth-order valence-electron chi connectivity index (χ4n) is 5.17. The van der Waals surface area contributed by atoms with Gasteiger partial charge in [-0.15, -0.1) is 10.2 Å². The van der Waals surface area contributed by atoms with E-state index in [1.807, 2.05) is 17.0 Å². The van der Waals surface area contributed by atoms with Gasteiger partial charge >= 0.3 is 0 Å². The van der Waals surface area contributed by atoms with Crippen molar-refractivity contribution in [3.05, 3.63) is 47.5 Å². The first-order chi connectivity index (χ1) is 18.0. The molecule has 4 heterocycles. The van der Waals surface area contributed by atoms with Gasteiger partial charge in [0.25, 0.3) is 11.8 Å². The van der Waals surface area contributed by atoms with E-state index in [0.717, 1.165) is 37.8 Å². The number of benzene rings is 1. The topological polar surface area (TPSA) is 113 Å². The van der Waals surface area contributed by atoms with Crippen molar-refractivity contribution >= 4 is 29.4 Å². The van der Waals surface area contributed by atoms with Gasteiger partial charge in [0.15, 0.2) is 11.6 Å². The summed E-state index contributed by atoms with van der Waals surface area (Å²) in [5.41, 5.74) is 0.874. The second-order valence-electron chi connectivity index (χ2n) is 9.58. The molecule has 1 aromatic carbocycles. The van der Waals surface area contributed by atoms with Crippen LogP contribution >= 0.6 is 0 Å². The van der Waals surface area contributed by atoms with E-state index in [9.17, 15) is 14.4 Å². The lowest BCUT2D eigenvalue weighted by Crippen LogP contribution is -2.49. The monoisotopic (exact) mass is 507 g/mol. The maximum absolute atomic E-state index is 12.7. The van der Waals surface area contributed by atoms with Crippen LogP contribution in [0.4, 0.5) is 11.6 Å². The van der Waals surface area contributed by atoms with Gasteiger partial charge in [-0.25, -0.2) is 0 Å². The number of nitrogens with zero attached hydrogens (tertiary/aromatic N) is 7. The van der Waals surface area contributed by atoms with Crippen LogP contribution in [0.2, 0.25) is 0 Å². The number of rotatable bonds is 8. The van der Waals surface area contributed by atoms with Crippen LogP contribution in [0.15, 0.2) is 36.4 Å². The molecule has 0 bridgehead atoms. The number of carbonyl (C=O) groups excluding carboxylic acids is 3. The fourth-order valence-corrected chi connectivity index (χ4v) is 5.17. The highest BCUT2D eigenvalue weighted by atomic mass is 16.3. The van der Waals surface area contributed by atoms with Gasteiger partial charge in [-0.1, -0.05) is 12.1 Å². The lowest BCUT2D eigenvalue weighted by atomic mass is 10.1. The van der Waals surface area contributed by atoms with Gasteiger partial charge in [-0.05, 0) is 30.7 Å². The Bertz CT molecular complexity index is 1090. The van der Waals surface area contributed by atoms with Crippen LogP contribution in [0.1, 0.15) is 33.6 Å². The Balaban J connectivity index is 1.05. The molecular formula is C26H33N7O4. The molecule has 0 atom stereocenters. The smallest absolute Gasteiger partial charge is 0.261 e. The number of piperazine rings is 2. The predicted molar refractivity (Wildman–Crippen MR) is 138 cm³/mol. The second kappa shape index (κ2) is 11.2. The standard InChI is InChI=1S/C26H33N7O4/c34-19-18-29-10-12-30(13-11-29)22-7-8-23(28-27-22)31-14-16-32(17-15-31)24(35)6-3-9-33-25(36)20-4-1-2-5-21(20)26(33)37/h1-2,4-5,7-8,34H,3,6,9-19H2. The summed E-state index contributed by atoms with van der Waals surface area (Å²) in [6.45, 7) is 7.22. The Morgan fingerprint density at radius 3 is 1.81 bits per heavy atom. The summed E-state index contributed by atoms with van der Waals surface area (Å²) in [6, 6.07) is 10.8. The van der Waals surface area contributed by atoms with E-state index in [-0.39, 0.29) is 30.9 Å². The number of aliphatic hydroxyl groups is 1. The van der Waals surface area contributed by atoms with Gasteiger partial charge in [0.05, 0.1) is 17.7 Å². The summed E-state index contributed by atoms with van der Waals surface area (Å²) in [7, 11) is 0. The molecule has 2 aromatic rings. The summed E-state index contributed by atoms with van der Waals surface area (Å²) < 4.78 is 0. The lowest BCUT2D eigenvalue weighted by Gasteiger charge is -2.36. The highest BCUT2D eigenvalue weighted by molar-refractivity contribution is 6.21. The molecule has 0 radical (unpaired) electrons. The minimum Gasteiger partial charge on any atom is -0.395 e. The third-order valence-electron chi connectivity index (χ3n) is 7.36. The second-order valence-corrected chi connectivity index (χ2v) is 9.58. The van der Waals surface area contributed by atoms with Gasteiger partial charge < -0.3 is 19.8 Å². The average Bonchev–Trinajstić information content (AvgIpc) is 3.19. The van der Waals surface area contributed by atoms with Gasteiger partial charge in [0.1, 0.15) is 0 Å². The lowest BCUT2D eigenvalue weighted by molar-refractivity contribution is -0.131. The third-order valence-corrected chi connectivity index (χ3v) is 7.36. The fraction of sp³-hybridized carbons (Fsp3) is 0.500. The molecule has 196 valence electrons. The highest BCUT2D eigenvalue weighted by Gasteiger charge is 2.34. The van der Waals surface area contributed by atoms with E-state index >= 15 is 0 Å². The molecule has 3 amide bonds. The first kappa shape index (κ1) is 25.1. The molecule has 1 N–H and O–H groups in total. The van der Waals surface area contributed by atoms with Crippen LogP contribution in [0.3, 0.4) is 0 Å². The van der Waals surface area contributed by atoms with E-state index in [1.54, 1.807) is 24.3 Å². The maximum Gasteiger partial charge on any atom is 0.261 e. The molecule has 1 aromatic heterocycles. The third kappa shape index (κ3) is 5.42.